The predicted molar refractivity (Wildman–Crippen MR) is 79.5 cm³/mol. The fourth-order valence-corrected chi connectivity index (χ4v) is 1.15. The second-order valence-electron chi connectivity index (χ2n) is 4.61. The lowest BCUT2D eigenvalue weighted by Crippen LogP contribution is -1.98. The van der Waals surface area contributed by atoms with Gasteiger partial charge >= 0.3 is 0 Å². The fraction of sp³-hybridized carbons (Fsp3) is 0.375. The highest BCUT2D eigenvalue weighted by atomic mass is 14.9. The van der Waals surface area contributed by atoms with E-state index in [-0.39, 0.29) is 0 Å². The molecule has 0 saturated carbocycles. The van der Waals surface area contributed by atoms with Crippen molar-refractivity contribution < 1.29 is 0 Å². The first-order valence-corrected chi connectivity index (χ1v) is 6.01. The van der Waals surface area contributed by atoms with Crippen molar-refractivity contribution in [2.45, 2.75) is 41.0 Å². The average Bonchev–Trinajstić information content (AvgIpc) is 2.22. The van der Waals surface area contributed by atoms with Crippen molar-refractivity contribution >= 4 is 5.69 Å². The Kier molecular flexibility index (Phi) is 7.04. The molecule has 0 aromatic heterocycles. The standard InChI is InChI=1S/C12H17N.C4H8/c1-5-11(4)13-12-8-9(2)6-7-10(12)3;1-4(2)3/h6-8,13H,4-5H2,1-3H3;1H2,2-3H3. The Morgan fingerprint density at radius 2 is 1.71 bits per heavy atom. The molecule has 94 valence electrons. The minimum absolute atomic E-state index is 0.966. The Hall–Kier alpha value is -1.50. The summed E-state index contributed by atoms with van der Waals surface area (Å²) in [6, 6.07) is 6.39. The molecule has 1 aromatic rings. The van der Waals surface area contributed by atoms with Crippen LogP contribution in [-0.4, -0.2) is 0 Å². The van der Waals surface area contributed by atoms with Gasteiger partial charge in [0.25, 0.3) is 0 Å². The molecule has 0 aliphatic carbocycles. The highest BCUT2D eigenvalue weighted by molar-refractivity contribution is 5.55. The zero-order chi connectivity index (χ0) is 13.4. The number of allylic oxidation sites excluding steroid dienone is 2. The molecular formula is C16H25N. The summed E-state index contributed by atoms with van der Waals surface area (Å²) in [7, 11) is 0. The van der Waals surface area contributed by atoms with E-state index < -0.39 is 0 Å². The third kappa shape index (κ3) is 7.40. The summed E-state index contributed by atoms with van der Waals surface area (Å²) in [6.45, 7) is 17.7. The summed E-state index contributed by atoms with van der Waals surface area (Å²) >= 11 is 0. The molecular weight excluding hydrogens is 206 g/mol. The Morgan fingerprint density at radius 1 is 1.18 bits per heavy atom. The van der Waals surface area contributed by atoms with Crippen LogP contribution >= 0.6 is 0 Å². The normalized spacial score (nSPS) is 9.00. The van der Waals surface area contributed by atoms with Crippen LogP contribution in [-0.2, 0) is 0 Å². The van der Waals surface area contributed by atoms with E-state index >= 15 is 0 Å². The van der Waals surface area contributed by atoms with Crippen LogP contribution < -0.4 is 5.32 Å². The summed E-state index contributed by atoms with van der Waals surface area (Å²) in [5.41, 5.74) is 5.94. The lowest BCUT2D eigenvalue weighted by atomic mass is 10.1. The maximum Gasteiger partial charge on any atom is 0.0414 e. The molecule has 0 fully saturated rings. The van der Waals surface area contributed by atoms with E-state index in [1.54, 1.807) is 0 Å². The van der Waals surface area contributed by atoms with Crippen LogP contribution in [0.25, 0.3) is 0 Å². The van der Waals surface area contributed by atoms with Gasteiger partial charge in [-0.25, -0.2) is 0 Å². The monoisotopic (exact) mass is 231 g/mol. The van der Waals surface area contributed by atoms with Gasteiger partial charge in [-0.05, 0) is 51.3 Å². The van der Waals surface area contributed by atoms with Crippen LogP contribution in [0, 0.1) is 13.8 Å². The zero-order valence-electron chi connectivity index (χ0n) is 11.9. The van der Waals surface area contributed by atoms with Crippen LogP contribution in [0.15, 0.2) is 42.6 Å². The highest BCUT2D eigenvalue weighted by Gasteiger charge is 1.98. The maximum atomic E-state index is 3.93. The van der Waals surface area contributed by atoms with Gasteiger partial charge in [-0.15, -0.1) is 6.58 Å². The predicted octanol–water partition coefficient (Wildman–Crippen LogP) is 5.22. The minimum Gasteiger partial charge on any atom is -0.359 e. The van der Waals surface area contributed by atoms with Crippen LogP contribution in [0.5, 0.6) is 0 Å². The van der Waals surface area contributed by atoms with Gasteiger partial charge in [-0.1, -0.05) is 31.2 Å². The highest BCUT2D eigenvalue weighted by Crippen LogP contribution is 2.18. The van der Waals surface area contributed by atoms with Gasteiger partial charge in [0.1, 0.15) is 0 Å². The minimum atomic E-state index is 0.966. The van der Waals surface area contributed by atoms with Gasteiger partial charge in [0.15, 0.2) is 0 Å². The Bertz CT molecular complexity index is 385. The Labute approximate surface area is 106 Å². The molecule has 1 N–H and O–H groups in total. The Balaban J connectivity index is 0.000000557. The van der Waals surface area contributed by atoms with Crippen molar-refractivity contribution in [1.82, 2.24) is 0 Å². The molecule has 0 amide bonds. The van der Waals surface area contributed by atoms with E-state index in [0.717, 1.165) is 12.1 Å². The number of benzene rings is 1. The molecule has 0 radical (unpaired) electrons. The number of aryl methyl sites for hydroxylation is 2. The van der Waals surface area contributed by atoms with Crippen LogP contribution in [0.1, 0.15) is 38.3 Å². The van der Waals surface area contributed by atoms with E-state index in [4.69, 9.17) is 0 Å². The van der Waals surface area contributed by atoms with Crippen LogP contribution in [0.4, 0.5) is 5.69 Å². The van der Waals surface area contributed by atoms with E-state index in [1.807, 2.05) is 13.8 Å². The summed E-state index contributed by atoms with van der Waals surface area (Å²) in [4.78, 5) is 0. The van der Waals surface area contributed by atoms with Crippen molar-refractivity contribution in [2.75, 3.05) is 5.32 Å². The molecule has 1 heteroatoms. The molecule has 0 spiro atoms. The zero-order valence-corrected chi connectivity index (χ0v) is 11.9. The first-order valence-electron chi connectivity index (χ1n) is 6.01. The average molecular weight is 231 g/mol. The molecule has 0 atom stereocenters. The van der Waals surface area contributed by atoms with E-state index in [9.17, 15) is 0 Å². The van der Waals surface area contributed by atoms with Crippen LogP contribution in [0.2, 0.25) is 0 Å². The van der Waals surface area contributed by atoms with E-state index in [2.05, 4.69) is 57.4 Å². The van der Waals surface area contributed by atoms with E-state index in [1.165, 1.54) is 22.4 Å². The smallest absolute Gasteiger partial charge is 0.0414 e. The number of anilines is 1. The Morgan fingerprint density at radius 3 is 2.18 bits per heavy atom. The largest absolute Gasteiger partial charge is 0.359 e. The topological polar surface area (TPSA) is 12.0 Å². The summed E-state index contributed by atoms with van der Waals surface area (Å²) < 4.78 is 0. The molecule has 0 aliphatic rings. The summed E-state index contributed by atoms with van der Waals surface area (Å²) in [6.07, 6.45) is 0.966. The number of rotatable bonds is 3. The molecule has 0 bridgehead atoms. The summed E-state index contributed by atoms with van der Waals surface area (Å²) in [5, 5.41) is 3.31. The molecule has 1 nitrogen and oxygen atoms in total. The molecule has 17 heavy (non-hydrogen) atoms. The SMILES string of the molecule is C=C(C)C.C=C(CC)Nc1cc(C)ccc1C. The van der Waals surface area contributed by atoms with Crippen molar-refractivity contribution in [3.05, 3.63) is 53.8 Å². The third-order valence-electron chi connectivity index (χ3n) is 2.13. The second kappa shape index (κ2) is 7.72. The number of hydrogen-bond donors (Lipinski definition) is 1. The van der Waals surface area contributed by atoms with Gasteiger partial charge in [0.05, 0.1) is 0 Å². The van der Waals surface area contributed by atoms with Crippen molar-refractivity contribution in [3.8, 4) is 0 Å². The van der Waals surface area contributed by atoms with Crippen molar-refractivity contribution in [3.63, 3.8) is 0 Å². The first kappa shape index (κ1) is 15.5. The lowest BCUT2D eigenvalue weighted by molar-refractivity contribution is 1.11. The van der Waals surface area contributed by atoms with Crippen LogP contribution in [0.3, 0.4) is 0 Å². The number of nitrogens with one attached hydrogen (secondary N) is 1. The van der Waals surface area contributed by atoms with Gasteiger partial charge in [-0.2, -0.15) is 0 Å². The molecule has 1 rings (SSSR count). The third-order valence-corrected chi connectivity index (χ3v) is 2.13. The summed E-state index contributed by atoms with van der Waals surface area (Å²) in [5.74, 6) is 0. The number of hydrogen-bond acceptors (Lipinski definition) is 1. The van der Waals surface area contributed by atoms with E-state index in [0.29, 0.717) is 0 Å². The molecule has 0 saturated heterocycles. The van der Waals surface area contributed by atoms with Gasteiger partial charge < -0.3 is 5.32 Å². The van der Waals surface area contributed by atoms with Crippen molar-refractivity contribution in [1.29, 1.82) is 0 Å². The van der Waals surface area contributed by atoms with Crippen molar-refractivity contribution in [2.24, 2.45) is 0 Å². The maximum absolute atomic E-state index is 3.93. The van der Waals surface area contributed by atoms with Gasteiger partial charge in [0.2, 0.25) is 0 Å². The quantitative estimate of drug-likeness (QED) is 0.703. The first-order chi connectivity index (χ1) is 7.86. The fourth-order valence-electron chi connectivity index (χ4n) is 1.15. The molecule has 0 unspecified atom stereocenters. The van der Waals surface area contributed by atoms with Gasteiger partial charge in [0, 0.05) is 11.4 Å². The second-order valence-corrected chi connectivity index (χ2v) is 4.61. The van der Waals surface area contributed by atoms with Gasteiger partial charge in [-0.3, -0.25) is 0 Å². The lowest BCUT2D eigenvalue weighted by Gasteiger charge is -2.11. The molecule has 1 aromatic carbocycles. The molecule has 0 heterocycles. The molecule has 0 aliphatic heterocycles.